The molecule has 0 fully saturated rings. The first kappa shape index (κ1) is 10.8. The zero-order valence-corrected chi connectivity index (χ0v) is 8.75. The van der Waals surface area contributed by atoms with Crippen LogP contribution in [-0.4, -0.2) is 12.1 Å². The maximum atomic E-state index is 11.4. The molecule has 14 heavy (non-hydrogen) atoms. The van der Waals surface area contributed by atoms with Crippen molar-refractivity contribution in [3.05, 3.63) is 36.0 Å². The van der Waals surface area contributed by atoms with Crippen LogP contribution >= 0.6 is 0 Å². The number of hydrogen-bond acceptors (Lipinski definition) is 2. The van der Waals surface area contributed by atoms with E-state index in [0.717, 1.165) is 18.4 Å². The van der Waals surface area contributed by atoms with Gasteiger partial charge in [0.1, 0.15) is 6.10 Å². The van der Waals surface area contributed by atoms with Crippen LogP contribution in [0.15, 0.2) is 36.0 Å². The summed E-state index contributed by atoms with van der Waals surface area (Å²) in [7, 11) is 0. The molecule has 0 spiro atoms. The summed E-state index contributed by atoms with van der Waals surface area (Å²) in [6.07, 6.45) is 7.22. The summed E-state index contributed by atoms with van der Waals surface area (Å²) in [4.78, 5) is 11.4. The number of allylic oxidation sites excluding steroid dienone is 3. The summed E-state index contributed by atoms with van der Waals surface area (Å²) in [6.45, 7) is 7.43. The van der Waals surface area contributed by atoms with Gasteiger partial charge in [-0.15, -0.1) is 0 Å². The Kier molecular flexibility index (Phi) is 3.69. The molecule has 0 bridgehead atoms. The monoisotopic (exact) mass is 192 g/mol. The molecule has 0 amide bonds. The van der Waals surface area contributed by atoms with Crippen LogP contribution in [0.1, 0.15) is 26.7 Å². The molecule has 0 aromatic rings. The van der Waals surface area contributed by atoms with Crippen molar-refractivity contribution in [2.45, 2.75) is 32.8 Å². The summed E-state index contributed by atoms with van der Waals surface area (Å²) in [5.41, 5.74) is 1.78. The maximum Gasteiger partial charge on any atom is 0.334 e. The van der Waals surface area contributed by atoms with E-state index in [1.165, 1.54) is 0 Å². The first-order valence-corrected chi connectivity index (χ1v) is 4.88. The molecular weight excluding hydrogens is 176 g/mol. The quantitative estimate of drug-likeness (QED) is 0.507. The Labute approximate surface area is 85.0 Å². The molecule has 1 heterocycles. The standard InChI is InChI=1S/C12H16O2/c1-4-6-7-10-8-11(5-2)14-12(13)9(10)3/h4,6-7,11H,1,5,8H2,2-3H3/b7-6-. The van der Waals surface area contributed by atoms with Crippen molar-refractivity contribution < 1.29 is 9.53 Å². The molecule has 0 aromatic heterocycles. The fraction of sp³-hybridized carbons (Fsp3) is 0.417. The van der Waals surface area contributed by atoms with E-state index < -0.39 is 0 Å². The number of carbonyl (C=O) groups is 1. The predicted octanol–water partition coefficient (Wildman–Crippen LogP) is 2.77. The number of carbonyl (C=O) groups excluding carboxylic acids is 1. The van der Waals surface area contributed by atoms with Gasteiger partial charge in [-0.05, 0) is 18.9 Å². The van der Waals surface area contributed by atoms with E-state index in [9.17, 15) is 4.79 Å². The fourth-order valence-corrected chi connectivity index (χ4v) is 1.42. The average molecular weight is 192 g/mol. The van der Waals surface area contributed by atoms with Gasteiger partial charge in [-0.2, -0.15) is 0 Å². The highest BCUT2D eigenvalue weighted by Crippen LogP contribution is 2.24. The lowest BCUT2D eigenvalue weighted by atomic mass is 9.98. The van der Waals surface area contributed by atoms with Crippen molar-refractivity contribution in [2.75, 3.05) is 0 Å². The average Bonchev–Trinajstić information content (AvgIpc) is 2.20. The number of cyclic esters (lactones) is 1. The first-order valence-electron chi connectivity index (χ1n) is 4.88. The zero-order valence-electron chi connectivity index (χ0n) is 8.75. The lowest BCUT2D eigenvalue weighted by Gasteiger charge is -2.23. The maximum absolute atomic E-state index is 11.4. The van der Waals surface area contributed by atoms with E-state index in [1.807, 2.05) is 19.1 Å². The second-order valence-electron chi connectivity index (χ2n) is 3.38. The SMILES string of the molecule is C=C/C=C\C1=C(C)C(=O)OC(CC)C1. The third kappa shape index (κ3) is 2.34. The molecule has 2 heteroatoms. The van der Waals surface area contributed by atoms with Gasteiger partial charge < -0.3 is 4.74 Å². The van der Waals surface area contributed by atoms with Gasteiger partial charge >= 0.3 is 5.97 Å². The van der Waals surface area contributed by atoms with E-state index in [-0.39, 0.29) is 12.1 Å². The number of hydrogen-bond donors (Lipinski definition) is 0. The Morgan fingerprint density at radius 3 is 2.93 bits per heavy atom. The molecule has 0 saturated carbocycles. The highest BCUT2D eigenvalue weighted by Gasteiger charge is 2.23. The van der Waals surface area contributed by atoms with Crippen molar-refractivity contribution >= 4 is 5.97 Å². The van der Waals surface area contributed by atoms with Gasteiger partial charge in [0.15, 0.2) is 0 Å². The van der Waals surface area contributed by atoms with Crippen molar-refractivity contribution in [2.24, 2.45) is 0 Å². The van der Waals surface area contributed by atoms with Gasteiger partial charge in [-0.25, -0.2) is 4.79 Å². The minimum absolute atomic E-state index is 0.0377. The van der Waals surface area contributed by atoms with Crippen LogP contribution in [0.4, 0.5) is 0 Å². The van der Waals surface area contributed by atoms with Crippen LogP contribution in [-0.2, 0) is 9.53 Å². The van der Waals surface area contributed by atoms with Crippen LogP contribution in [0.5, 0.6) is 0 Å². The fourth-order valence-electron chi connectivity index (χ4n) is 1.42. The summed E-state index contributed by atoms with van der Waals surface area (Å²) < 4.78 is 5.20. The molecule has 0 N–H and O–H groups in total. The topological polar surface area (TPSA) is 26.3 Å². The van der Waals surface area contributed by atoms with Crippen LogP contribution in [0.3, 0.4) is 0 Å². The first-order chi connectivity index (χ1) is 6.69. The van der Waals surface area contributed by atoms with E-state index in [1.54, 1.807) is 13.0 Å². The number of esters is 1. The van der Waals surface area contributed by atoms with Crippen LogP contribution in [0.25, 0.3) is 0 Å². The number of ether oxygens (including phenoxy) is 1. The third-order valence-corrected chi connectivity index (χ3v) is 2.40. The minimum Gasteiger partial charge on any atom is -0.459 e. The summed E-state index contributed by atoms with van der Waals surface area (Å²) >= 11 is 0. The molecule has 0 aliphatic carbocycles. The summed E-state index contributed by atoms with van der Waals surface area (Å²) in [5.74, 6) is -0.188. The zero-order chi connectivity index (χ0) is 10.6. The Hall–Kier alpha value is -1.31. The van der Waals surface area contributed by atoms with Gasteiger partial charge in [0, 0.05) is 12.0 Å². The third-order valence-electron chi connectivity index (χ3n) is 2.40. The van der Waals surface area contributed by atoms with Crippen LogP contribution in [0.2, 0.25) is 0 Å². The van der Waals surface area contributed by atoms with Crippen LogP contribution in [0, 0.1) is 0 Å². The molecule has 76 valence electrons. The van der Waals surface area contributed by atoms with E-state index in [0.29, 0.717) is 5.57 Å². The molecule has 1 aliphatic rings. The highest BCUT2D eigenvalue weighted by atomic mass is 16.5. The molecule has 0 saturated heterocycles. The Morgan fingerprint density at radius 2 is 2.36 bits per heavy atom. The highest BCUT2D eigenvalue weighted by molar-refractivity contribution is 5.90. The van der Waals surface area contributed by atoms with E-state index in [2.05, 4.69) is 6.58 Å². The normalized spacial score (nSPS) is 22.7. The van der Waals surface area contributed by atoms with Gasteiger partial charge in [0.25, 0.3) is 0 Å². The smallest absolute Gasteiger partial charge is 0.334 e. The van der Waals surface area contributed by atoms with E-state index >= 15 is 0 Å². The van der Waals surface area contributed by atoms with Crippen LogP contribution < -0.4 is 0 Å². The minimum atomic E-state index is -0.188. The van der Waals surface area contributed by atoms with Gasteiger partial charge in [-0.3, -0.25) is 0 Å². The van der Waals surface area contributed by atoms with Gasteiger partial charge in [0.2, 0.25) is 0 Å². The van der Waals surface area contributed by atoms with Gasteiger partial charge in [0.05, 0.1) is 0 Å². The Balaban J connectivity index is 2.87. The van der Waals surface area contributed by atoms with Crippen molar-refractivity contribution in [1.29, 1.82) is 0 Å². The predicted molar refractivity (Wildman–Crippen MR) is 56.8 cm³/mol. The summed E-state index contributed by atoms with van der Waals surface area (Å²) in [5, 5.41) is 0. The second kappa shape index (κ2) is 4.80. The van der Waals surface area contributed by atoms with Gasteiger partial charge in [-0.1, -0.05) is 31.7 Å². The lowest BCUT2D eigenvalue weighted by molar-refractivity contribution is -0.145. The molecule has 1 rings (SSSR count). The summed E-state index contributed by atoms with van der Waals surface area (Å²) in [6, 6.07) is 0. The molecule has 1 unspecified atom stereocenters. The molecular formula is C12H16O2. The molecule has 0 aromatic carbocycles. The Morgan fingerprint density at radius 1 is 1.64 bits per heavy atom. The Bertz CT molecular complexity index is 297. The molecule has 1 aliphatic heterocycles. The molecule has 0 radical (unpaired) electrons. The molecule has 2 nitrogen and oxygen atoms in total. The van der Waals surface area contributed by atoms with Crippen molar-refractivity contribution in [3.8, 4) is 0 Å². The number of rotatable bonds is 3. The largest absolute Gasteiger partial charge is 0.459 e. The molecule has 1 atom stereocenters. The van der Waals surface area contributed by atoms with Crippen molar-refractivity contribution in [3.63, 3.8) is 0 Å². The second-order valence-corrected chi connectivity index (χ2v) is 3.38. The lowest BCUT2D eigenvalue weighted by Crippen LogP contribution is -2.24. The van der Waals surface area contributed by atoms with Crippen molar-refractivity contribution in [1.82, 2.24) is 0 Å². The van der Waals surface area contributed by atoms with E-state index in [4.69, 9.17) is 4.74 Å².